The van der Waals surface area contributed by atoms with Gasteiger partial charge in [-0.05, 0) is 50.4 Å². The molecule has 88 valence electrons. The van der Waals surface area contributed by atoms with Gasteiger partial charge in [-0.15, -0.1) is 0 Å². The average molecular weight is 219 g/mol. The van der Waals surface area contributed by atoms with E-state index in [1.54, 1.807) is 0 Å². The SMILES string of the molecule is CCOc1ccc(CC2CCCCN2)cc1. The summed E-state index contributed by atoms with van der Waals surface area (Å²) in [6.45, 7) is 3.94. The molecule has 16 heavy (non-hydrogen) atoms. The van der Waals surface area contributed by atoms with Crippen LogP contribution in [0.15, 0.2) is 24.3 Å². The Morgan fingerprint density at radius 1 is 1.25 bits per heavy atom. The van der Waals surface area contributed by atoms with Gasteiger partial charge in [0.2, 0.25) is 0 Å². The Labute approximate surface area is 98.0 Å². The molecule has 2 heteroatoms. The molecule has 2 rings (SSSR count). The number of ether oxygens (including phenoxy) is 1. The largest absolute Gasteiger partial charge is 0.494 e. The van der Waals surface area contributed by atoms with E-state index in [1.807, 2.05) is 6.92 Å². The second-order valence-corrected chi connectivity index (χ2v) is 4.43. The van der Waals surface area contributed by atoms with E-state index in [9.17, 15) is 0 Å². The van der Waals surface area contributed by atoms with Crippen molar-refractivity contribution in [1.29, 1.82) is 0 Å². The third kappa shape index (κ3) is 3.24. The van der Waals surface area contributed by atoms with Gasteiger partial charge in [0.15, 0.2) is 0 Å². The zero-order valence-corrected chi connectivity index (χ0v) is 10.0. The molecule has 1 aliphatic rings. The highest BCUT2D eigenvalue weighted by molar-refractivity contribution is 5.27. The predicted molar refractivity (Wildman–Crippen MR) is 67.0 cm³/mol. The first-order chi connectivity index (χ1) is 7.88. The van der Waals surface area contributed by atoms with E-state index >= 15 is 0 Å². The van der Waals surface area contributed by atoms with Crippen LogP contribution in [0.1, 0.15) is 31.7 Å². The predicted octanol–water partition coefficient (Wildman–Crippen LogP) is 2.77. The lowest BCUT2D eigenvalue weighted by Gasteiger charge is -2.23. The summed E-state index contributed by atoms with van der Waals surface area (Å²) in [5.74, 6) is 0.975. The van der Waals surface area contributed by atoms with E-state index < -0.39 is 0 Å². The van der Waals surface area contributed by atoms with Crippen molar-refractivity contribution in [3.63, 3.8) is 0 Å². The molecule has 1 fully saturated rings. The normalized spacial score (nSPS) is 20.7. The maximum Gasteiger partial charge on any atom is 0.119 e. The molecule has 1 heterocycles. The van der Waals surface area contributed by atoms with Crippen LogP contribution < -0.4 is 10.1 Å². The highest BCUT2D eigenvalue weighted by Gasteiger charge is 2.12. The molecule has 2 nitrogen and oxygen atoms in total. The van der Waals surface area contributed by atoms with Gasteiger partial charge in [-0.2, -0.15) is 0 Å². The van der Waals surface area contributed by atoms with Gasteiger partial charge in [0, 0.05) is 6.04 Å². The Morgan fingerprint density at radius 3 is 2.69 bits per heavy atom. The van der Waals surface area contributed by atoms with E-state index in [-0.39, 0.29) is 0 Å². The first-order valence-electron chi connectivity index (χ1n) is 6.33. The second kappa shape index (κ2) is 5.90. The van der Waals surface area contributed by atoms with Crippen molar-refractivity contribution in [2.45, 2.75) is 38.6 Å². The molecule has 0 bridgehead atoms. The topological polar surface area (TPSA) is 21.3 Å². The Hall–Kier alpha value is -1.02. The summed E-state index contributed by atoms with van der Waals surface area (Å²) in [5, 5.41) is 3.58. The summed E-state index contributed by atoms with van der Waals surface area (Å²) in [7, 11) is 0. The number of rotatable bonds is 4. The van der Waals surface area contributed by atoms with Crippen LogP contribution in [-0.2, 0) is 6.42 Å². The summed E-state index contributed by atoms with van der Waals surface area (Å²) in [6, 6.07) is 9.18. The number of hydrogen-bond donors (Lipinski definition) is 1. The molecule has 0 aliphatic carbocycles. The molecule has 1 aliphatic heterocycles. The van der Waals surface area contributed by atoms with Gasteiger partial charge in [0.05, 0.1) is 6.61 Å². The number of benzene rings is 1. The smallest absolute Gasteiger partial charge is 0.119 e. The van der Waals surface area contributed by atoms with Gasteiger partial charge in [0.25, 0.3) is 0 Å². The summed E-state index contributed by atoms with van der Waals surface area (Å²) in [5.41, 5.74) is 1.41. The van der Waals surface area contributed by atoms with E-state index in [2.05, 4.69) is 29.6 Å². The first-order valence-corrected chi connectivity index (χ1v) is 6.33. The van der Waals surface area contributed by atoms with E-state index in [1.165, 1.54) is 31.4 Å². The van der Waals surface area contributed by atoms with Crippen LogP contribution in [0, 0.1) is 0 Å². The van der Waals surface area contributed by atoms with Crippen LogP contribution >= 0.6 is 0 Å². The van der Waals surface area contributed by atoms with E-state index in [0.717, 1.165) is 18.8 Å². The molecular weight excluding hydrogens is 198 g/mol. The lowest BCUT2D eigenvalue weighted by atomic mass is 9.98. The van der Waals surface area contributed by atoms with Crippen molar-refractivity contribution >= 4 is 0 Å². The van der Waals surface area contributed by atoms with E-state index in [4.69, 9.17) is 4.74 Å². The van der Waals surface area contributed by atoms with Crippen LogP contribution in [0.3, 0.4) is 0 Å². The molecule has 0 radical (unpaired) electrons. The van der Waals surface area contributed by atoms with Crippen LogP contribution in [0.4, 0.5) is 0 Å². The van der Waals surface area contributed by atoms with Crippen molar-refractivity contribution in [3.8, 4) is 5.75 Å². The van der Waals surface area contributed by atoms with E-state index in [0.29, 0.717) is 6.04 Å². The molecule has 0 aromatic heterocycles. The third-order valence-corrected chi connectivity index (χ3v) is 3.13. The molecule has 1 atom stereocenters. The lowest BCUT2D eigenvalue weighted by Crippen LogP contribution is -2.35. The first kappa shape index (κ1) is 11.5. The summed E-state index contributed by atoms with van der Waals surface area (Å²) in [6.07, 6.45) is 5.16. The highest BCUT2D eigenvalue weighted by atomic mass is 16.5. The van der Waals surface area contributed by atoms with Gasteiger partial charge < -0.3 is 10.1 Å². The Kier molecular flexibility index (Phi) is 4.23. The minimum Gasteiger partial charge on any atom is -0.494 e. The molecular formula is C14H21NO. The molecule has 0 spiro atoms. The average Bonchev–Trinajstić information content (AvgIpc) is 2.33. The standard InChI is InChI=1S/C14H21NO/c1-2-16-14-8-6-12(7-9-14)11-13-5-3-4-10-15-13/h6-9,13,15H,2-5,10-11H2,1H3. The highest BCUT2D eigenvalue weighted by Crippen LogP contribution is 2.16. The van der Waals surface area contributed by atoms with Crippen molar-refractivity contribution in [3.05, 3.63) is 29.8 Å². The monoisotopic (exact) mass is 219 g/mol. The van der Waals surface area contributed by atoms with Crippen LogP contribution in [0.25, 0.3) is 0 Å². The lowest BCUT2D eigenvalue weighted by molar-refractivity contribution is 0.340. The summed E-state index contributed by atoms with van der Waals surface area (Å²) < 4.78 is 5.44. The van der Waals surface area contributed by atoms with Crippen molar-refractivity contribution in [2.75, 3.05) is 13.2 Å². The zero-order valence-electron chi connectivity index (χ0n) is 10.0. The number of piperidine rings is 1. The van der Waals surface area contributed by atoms with Gasteiger partial charge in [-0.1, -0.05) is 18.6 Å². The molecule has 1 aromatic carbocycles. The maximum absolute atomic E-state index is 5.44. The Morgan fingerprint density at radius 2 is 2.06 bits per heavy atom. The van der Waals surface area contributed by atoms with Crippen LogP contribution in [0.5, 0.6) is 5.75 Å². The second-order valence-electron chi connectivity index (χ2n) is 4.43. The van der Waals surface area contributed by atoms with Gasteiger partial charge in [-0.3, -0.25) is 0 Å². The fourth-order valence-electron chi connectivity index (χ4n) is 2.27. The van der Waals surface area contributed by atoms with Crippen LogP contribution in [0.2, 0.25) is 0 Å². The zero-order chi connectivity index (χ0) is 11.2. The molecule has 1 saturated heterocycles. The van der Waals surface area contributed by atoms with Gasteiger partial charge in [0.1, 0.15) is 5.75 Å². The fourth-order valence-corrected chi connectivity index (χ4v) is 2.27. The van der Waals surface area contributed by atoms with Crippen molar-refractivity contribution < 1.29 is 4.74 Å². The van der Waals surface area contributed by atoms with Gasteiger partial charge >= 0.3 is 0 Å². The minimum absolute atomic E-state index is 0.673. The molecule has 0 saturated carbocycles. The summed E-state index contributed by atoms with van der Waals surface area (Å²) >= 11 is 0. The molecule has 0 amide bonds. The fraction of sp³-hybridized carbons (Fsp3) is 0.571. The molecule has 1 aromatic rings. The van der Waals surface area contributed by atoms with Crippen LogP contribution in [-0.4, -0.2) is 19.2 Å². The minimum atomic E-state index is 0.673. The Bertz CT molecular complexity index is 301. The van der Waals surface area contributed by atoms with Crippen molar-refractivity contribution in [1.82, 2.24) is 5.32 Å². The Balaban J connectivity index is 1.88. The third-order valence-electron chi connectivity index (χ3n) is 3.13. The summed E-state index contributed by atoms with van der Waals surface area (Å²) in [4.78, 5) is 0. The number of nitrogens with one attached hydrogen (secondary N) is 1. The number of hydrogen-bond acceptors (Lipinski definition) is 2. The molecule has 1 unspecified atom stereocenters. The van der Waals surface area contributed by atoms with Gasteiger partial charge in [-0.25, -0.2) is 0 Å². The maximum atomic E-state index is 5.44. The molecule has 1 N–H and O–H groups in total. The quantitative estimate of drug-likeness (QED) is 0.840. The van der Waals surface area contributed by atoms with Crippen molar-refractivity contribution in [2.24, 2.45) is 0 Å².